The van der Waals surface area contributed by atoms with Crippen molar-refractivity contribution in [2.24, 2.45) is 5.92 Å². The summed E-state index contributed by atoms with van der Waals surface area (Å²) >= 11 is 0. The van der Waals surface area contributed by atoms with Gasteiger partial charge < -0.3 is 9.80 Å². The number of amides is 2. The summed E-state index contributed by atoms with van der Waals surface area (Å²) in [5.74, 6) is 0.476. The first kappa shape index (κ1) is 19.3. The van der Waals surface area contributed by atoms with Gasteiger partial charge in [-0.2, -0.15) is 0 Å². The Bertz CT molecular complexity index is 914. The largest absolute Gasteiger partial charge is 0.371 e. The number of anilines is 1. The maximum atomic E-state index is 12.5. The molecule has 5 rings (SSSR count). The van der Waals surface area contributed by atoms with Gasteiger partial charge in [0, 0.05) is 25.3 Å². The second-order valence-corrected chi connectivity index (χ2v) is 8.77. The van der Waals surface area contributed by atoms with E-state index in [0.717, 1.165) is 38.5 Å². The summed E-state index contributed by atoms with van der Waals surface area (Å²) in [7, 11) is 0. The molecule has 0 N–H and O–H groups in total. The molecule has 0 bridgehead atoms. The molecule has 1 saturated heterocycles. The number of fused-ring (bicyclic) bond motifs is 2. The number of piperidine rings is 1. The maximum absolute atomic E-state index is 12.5. The Morgan fingerprint density at radius 3 is 2.20 bits per heavy atom. The van der Waals surface area contributed by atoms with Crippen LogP contribution in [0.3, 0.4) is 0 Å². The quantitative estimate of drug-likeness (QED) is 0.693. The minimum atomic E-state index is -0.139. The first-order valence-electron chi connectivity index (χ1n) is 11.2. The summed E-state index contributed by atoms with van der Waals surface area (Å²) in [6.07, 6.45) is 4.47. The summed E-state index contributed by atoms with van der Waals surface area (Å²) in [5, 5.41) is 0. The van der Waals surface area contributed by atoms with Crippen LogP contribution in [0, 0.1) is 5.92 Å². The standard InChI is InChI=1S/C25H29N3O2/c29-24-21-7-2-3-8-22(21)25(30)28(24)14-5-13-26-15-10-19(11-16-26)18-27-17-12-20-6-1-4-9-23(20)27/h1-4,6-9,19H,5,10-18H2. The molecule has 0 atom stereocenters. The fourth-order valence-corrected chi connectivity index (χ4v) is 5.20. The lowest BCUT2D eigenvalue weighted by Gasteiger charge is -2.34. The molecule has 2 aromatic rings. The highest BCUT2D eigenvalue weighted by atomic mass is 16.2. The van der Waals surface area contributed by atoms with Crippen LogP contribution in [0.25, 0.3) is 0 Å². The van der Waals surface area contributed by atoms with Gasteiger partial charge in [-0.15, -0.1) is 0 Å². The molecule has 3 aliphatic rings. The van der Waals surface area contributed by atoms with E-state index in [9.17, 15) is 9.59 Å². The first-order chi connectivity index (χ1) is 14.7. The van der Waals surface area contributed by atoms with Gasteiger partial charge in [-0.1, -0.05) is 30.3 Å². The number of para-hydroxylation sites is 1. The molecule has 5 nitrogen and oxygen atoms in total. The van der Waals surface area contributed by atoms with Gasteiger partial charge in [-0.05, 0) is 75.0 Å². The molecule has 0 spiro atoms. The molecule has 2 amide bonds. The van der Waals surface area contributed by atoms with Crippen molar-refractivity contribution < 1.29 is 9.59 Å². The van der Waals surface area contributed by atoms with Crippen molar-refractivity contribution in [3.8, 4) is 0 Å². The lowest BCUT2D eigenvalue weighted by atomic mass is 9.96. The summed E-state index contributed by atoms with van der Waals surface area (Å²) in [6.45, 7) is 6.01. The van der Waals surface area contributed by atoms with Crippen LogP contribution < -0.4 is 4.90 Å². The molecule has 0 radical (unpaired) electrons. The SMILES string of the molecule is O=C1c2ccccc2C(=O)N1CCCN1CCC(CN2CCc3ccccc32)CC1. The number of carbonyl (C=O) groups excluding carboxylic acids is 2. The highest BCUT2D eigenvalue weighted by Crippen LogP contribution is 2.30. The highest BCUT2D eigenvalue weighted by Gasteiger charge is 2.34. The van der Waals surface area contributed by atoms with Gasteiger partial charge in [0.25, 0.3) is 11.8 Å². The number of imide groups is 1. The van der Waals surface area contributed by atoms with E-state index in [-0.39, 0.29) is 11.8 Å². The summed E-state index contributed by atoms with van der Waals surface area (Å²) in [4.78, 5) is 31.4. The third-order valence-electron chi connectivity index (χ3n) is 6.90. The zero-order valence-electron chi connectivity index (χ0n) is 17.4. The van der Waals surface area contributed by atoms with Crippen LogP contribution in [0.1, 0.15) is 45.5 Å². The Balaban J connectivity index is 1.06. The van der Waals surface area contributed by atoms with Crippen LogP contribution in [-0.4, -0.2) is 60.9 Å². The van der Waals surface area contributed by atoms with Crippen LogP contribution in [0.15, 0.2) is 48.5 Å². The van der Waals surface area contributed by atoms with E-state index in [1.165, 1.54) is 42.0 Å². The lowest BCUT2D eigenvalue weighted by Crippen LogP contribution is -2.40. The van der Waals surface area contributed by atoms with Crippen molar-refractivity contribution in [3.05, 3.63) is 65.2 Å². The zero-order chi connectivity index (χ0) is 20.5. The Morgan fingerprint density at radius 2 is 1.47 bits per heavy atom. The van der Waals surface area contributed by atoms with Crippen molar-refractivity contribution in [3.63, 3.8) is 0 Å². The average molecular weight is 404 g/mol. The minimum Gasteiger partial charge on any atom is -0.371 e. The van der Waals surface area contributed by atoms with E-state index in [2.05, 4.69) is 34.1 Å². The van der Waals surface area contributed by atoms with Crippen molar-refractivity contribution in [1.29, 1.82) is 0 Å². The average Bonchev–Trinajstić information content (AvgIpc) is 3.30. The van der Waals surface area contributed by atoms with Crippen LogP contribution in [-0.2, 0) is 6.42 Å². The van der Waals surface area contributed by atoms with Crippen LogP contribution >= 0.6 is 0 Å². The zero-order valence-corrected chi connectivity index (χ0v) is 17.4. The molecule has 30 heavy (non-hydrogen) atoms. The van der Waals surface area contributed by atoms with E-state index in [4.69, 9.17) is 0 Å². The second kappa shape index (κ2) is 8.23. The molecular formula is C25H29N3O2. The maximum Gasteiger partial charge on any atom is 0.261 e. The topological polar surface area (TPSA) is 43.9 Å². The van der Waals surface area contributed by atoms with Crippen molar-refractivity contribution in [2.45, 2.75) is 25.7 Å². The molecule has 3 heterocycles. The van der Waals surface area contributed by atoms with Crippen molar-refractivity contribution in [1.82, 2.24) is 9.80 Å². The molecule has 3 aliphatic heterocycles. The third-order valence-corrected chi connectivity index (χ3v) is 6.90. The first-order valence-corrected chi connectivity index (χ1v) is 11.2. The number of hydrogen-bond acceptors (Lipinski definition) is 4. The van der Waals surface area contributed by atoms with Crippen LogP contribution in [0.5, 0.6) is 0 Å². The number of hydrogen-bond donors (Lipinski definition) is 0. The number of carbonyl (C=O) groups is 2. The van der Waals surface area contributed by atoms with Crippen molar-refractivity contribution >= 4 is 17.5 Å². The van der Waals surface area contributed by atoms with Gasteiger partial charge >= 0.3 is 0 Å². The molecule has 2 aromatic carbocycles. The molecule has 0 aliphatic carbocycles. The molecule has 0 unspecified atom stereocenters. The third kappa shape index (κ3) is 3.63. The molecule has 0 saturated carbocycles. The lowest BCUT2D eigenvalue weighted by molar-refractivity contribution is 0.0644. The van der Waals surface area contributed by atoms with Crippen LogP contribution in [0.2, 0.25) is 0 Å². The number of likely N-dealkylation sites (tertiary alicyclic amines) is 1. The van der Waals surface area contributed by atoms with Gasteiger partial charge in [0.05, 0.1) is 11.1 Å². The van der Waals surface area contributed by atoms with E-state index in [1.54, 1.807) is 12.1 Å². The van der Waals surface area contributed by atoms with E-state index < -0.39 is 0 Å². The predicted octanol–water partition coefficient (Wildman–Crippen LogP) is 3.45. The highest BCUT2D eigenvalue weighted by molar-refractivity contribution is 6.21. The summed E-state index contributed by atoms with van der Waals surface area (Å²) in [5.41, 5.74) is 4.02. The molecule has 1 fully saturated rings. The Morgan fingerprint density at radius 1 is 0.800 bits per heavy atom. The molecule has 0 aromatic heterocycles. The summed E-state index contributed by atoms with van der Waals surface area (Å²) in [6, 6.07) is 15.9. The Labute approximate surface area is 178 Å². The van der Waals surface area contributed by atoms with E-state index in [0.29, 0.717) is 17.7 Å². The van der Waals surface area contributed by atoms with E-state index in [1.807, 2.05) is 12.1 Å². The summed E-state index contributed by atoms with van der Waals surface area (Å²) < 4.78 is 0. The van der Waals surface area contributed by atoms with Gasteiger partial charge in [-0.25, -0.2) is 0 Å². The molecule has 5 heteroatoms. The fraction of sp³-hybridized carbons (Fsp3) is 0.440. The van der Waals surface area contributed by atoms with Crippen LogP contribution in [0.4, 0.5) is 5.69 Å². The van der Waals surface area contributed by atoms with Crippen molar-refractivity contribution in [2.75, 3.05) is 44.2 Å². The Hall–Kier alpha value is -2.66. The smallest absolute Gasteiger partial charge is 0.261 e. The normalized spacial score (nSPS) is 19.5. The molecular weight excluding hydrogens is 374 g/mol. The van der Waals surface area contributed by atoms with Gasteiger partial charge in [0.1, 0.15) is 0 Å². The van der Waals surface area contributed by atoms with Gasteiger partial charge in [-0.3, -0.25) is 14.5 Å². The van der Waals surface area contributed by atoms with E-state index >= 15 is 0 Å². The second-order valence-electron chi connectivity index (χ2n) is 8.77. The number of benzene rings is 2. The number of rotatable bonds is 6. The predicted molar refractivity (Wildman–Crippen MR) is 118 cm³/mol. The van der Waals surface area contributed by atoms with Gasteiger partial charge in [0.2, 0.25) is 0 Å². The monoisotopic (exact) mass is 403 g/mol. The molecule has 156 valence electrons. The van der Waals surface area contributed by atoms with Gasteiger partial charge in [0.15, 0.2) is 0 Å². The minimum absolute atomic E-state index is 0.139. The number of nitrogens with zero attached hydrogens (tertiary/aromatic N) is 3. The fourth-order valence-electron chi connectivity index (χ4n) is 5.20. The Kier molecular flexibility index (Phi) is 5.30.